The topological polar surface area (TPSA) is 29.4 Å². The van der Waals surface area contributed by atoms with Crippen molar-refractivity contribution in [3.8, 4) is 0 Å². The van der Waals surface area contributed by atoms with Gasteiger partial charge in [0.1, 0.15) is 5.69 Å². The summed E-state index contributed by atoms with van der Waals surface area (Å²) in [6, 6.07) is 20.5. The molecule has 0 N–H and O–H groups in total. The number of benzene rings is 3. The number of nitroso groups, excluding NO2 is 1. The van der Waals surface area contributed by atoms with Crippen LogP contribution < -0.4 is 0 Å². The number of fused-ring (bicyclic) bond motifs is 1. The molecule has 1 aliphatic carbocycles. The molecule has 0 aromatic heterocycles. The number of nitrogens with zero attached hydrogens (tertiary/aromatic N) is 1. The van der Waals surface area contributed by atoms with E-state index in [0.29, 0.717) is 5.69 Å². The van der Waals surface area contributed by atoms with Crippen LogP contribution in [0.15, 0.2) is 71.9 Å². The zero-order valence-electron chi connectivity index (χ0n) is 16.2. The van der Waals surface area contributed by atoms with Crippen molar-refractivity contribution < 1.29 is 8.78 Å². The van der Waals surface area contributed by atoms with Crippen LogP contribution in [0.1, 0.15) is 52.6 Å². The fraction of sp³-hybridized carbons (Fsp3) is 0.200. The van der Waals surface area contributed by atoms with E-state index in [4.69, 9.17) is 0 Å². The Balaban J connectivity index is 1.95. The van der Waals surface area contributed by atoms with Gasteiger partial charge in [0.15, 0.2) is 0 Å². The third kappa shape index (κ3) is 3.88. The first-order valence-electron chi connectivity index (χ1n) is 9.72. The van der Waals surface area contributed by atoms with Crippen molar-refractivity contribution in [3.63, 3.8) is 0 Å². The Bertz CT molecular complexity index is 1070. The number of hydrogen-bond acceptors (Lipinski definition) is 2. The molecule has 2 nitrogen and oxygen atoms in total. The van der Waals surface area contributed by atoms with Crippen molar-refractivity contribution in [1.29, 1.82) is 0 Å². The maximum absolute atomic E-state index is 13.0. The first-order chi connectivity index (χ1) is 14.1. The van der Waals surface area contributed by atoms with Gasteiger partial charge >= 0.3 is 0 Å². The van der Waals surface area contributed by atoms with Gasteiger partial charge in [-0.15, -0.1) is 4.91 Å². The minimum Gasteiger partial charge on any atom is -0.205 e. The van der Waals surface area contributed by atoms with Crippen molar-refractivity contribution in [3.05, 3.63) is 105 Å². The highest BCUT2D eigenvalue weighted by molar-refractivity contribution is 6.00. The molecule has 0 atom stereocenters. The molecule has 0 unspecified atom stereocenters. The summed E-state index contributed by atoms with van der Waals surface area (Å²) < 4.78 is 26.0. The second kappa shape index (κ2) is 8.08. The Morgan fingerprint density at radius 2 is 1.55 bits per heavy atom. The molecule has 4 heteroatoms. The van der Waals surface area contributed by atoms with E-state index in [1.165, 1.54) is 17.7 Å². The quantitative estimate of drug-likeness (QED) is 0.422. The average Bonchev–Trinajstić information content (AvgIpc) is 2.93. The summed E-state index contributed by atoms with van der Waals surface area (Å²) in [6.07, 6.45) is 0.109. The minimum atomic E-state index is -2.47. The predicted octanol–water partition coefficient (Wildman–Crippen LogP) is 7.63. The lowest BCUT2D eigenvalue weighted by atomic mass is 9.87. The molecule has 0 saturated heterocycles. The van der Waals surface area contributed by atoms with Gasteiger partial charge < -0.3 is 0 Å². The van der Waals surface area contributed by atoms with Crippen LogP contribution in [0.4, 0.5) is 14.5 Å². The predicted molar refractivity (Wildman–Crippen MR) is 113 cm³/mol. The third-order valence-electron chi connectivity index (χ3n) is 5.49. The molecular formula is C25H21F2NO. The van der Waals surface area contributed by atoms with E-state index in [0.717, 1.165) is 52.7 Å². The first-order valence-corrected chi connectivity index (χ1v) is 9.72. The SMILES string of the molecule is Cc1ccc(C2=C(c3ccc(C(F)F)cc3)CCCc3cc(N=O)ccc32)cc1. The molecular weight excluding hydrogens is 368 g/mol. The molecule has 4 rings (SSSR count). The van der Waals surface area contributed by atoms with Crippen LogP contribution in [-0.2, 0) is 6.42 Å². The van der Waals surface area contributed by atoms with E-state index in [-0.39, 0.29) is 5.56 Å². The Labute approximate surface area is 168 Å². The van der Waals surface area contributed by atoms with Crippen LogP contribution in [0.2, 0.25) is 0 Å². The van der Waals surface area contributed by atoms with E-state index in [1.54, 1.807) is 18.2 Å². The number of halogens is 2. The minimum absolute atomic E-state index is 0.0296. The van der Waals surface area contributed by atoms with Gasteiger partial charge in [-0.05, 0) is 76.9 Å². The Hall–Kier alpha value is -3.14. The van der Waals surface area contributed by atoms with Crippen LogP contribution >= 0.6 is 0 Å². The second-order valence-electron chi connectivity index (χ2n) is 7.43. The third-order valence-corrected chi connectivity index (χ3v) is 5.49. The maximum Gasteiger partial charge on any atom is 0.263 e. The summed E-state index contributed by atoms with van der Waals surface area (Å²) in [6.45, 7) is 2.05. The fourth-order valence-corrected chi connectivity index (χ4v) is 4.00. The van der Waals surface area contributed by atoms with E-state index < -0.39 is 6.43 Å². The summed E-state index contributed by atoms with van der Waals surface area (Å²) in [5.41, 5.74) is 8.07. The van der Waals surface area contributed by atoms with E-state index in [9.17, 15) is 13.7 Å². The standard InChI is InChI=1S/C25H21F2NO/c1-16-5-7-18(8-6-16)24-22(17-9-11-19(12-10-17)25(26)27)4-2-3-20-15-21(28-29)13-14-23(20)24/h5-15,25H,2-4H2,1H3. The Kier molecular flexibility index (Phi) is 5.34. The number of allylic oxidation sites excluding steroid dienone is 1. The van der Waals surface area contributed by atoms with Gasteiger partial charge in [-0.25, -0.2) is 8.78 Å². The van der Waals surface area contributed by atoms with Crippen molar-refractivity contribution in [2.24, 2.45) is 5.18 Å². The molecule has 0 spiro atoms. The molecule has 0 aliphatic heterocycles. The van der Waals surface area contributed by atoms with Gasteiger partial charge in [0.05, 0.1) is 0 Å². The van der Waals surface area contributed by atoms with E-state index in [2.05, 4.69) is 29.4 Å². The summed E-state index contributed by atoms with van der Waals surface area (Å²) in [5.74, 6) is 0. The van der Waals surface area contributed by atoms with Gasteiger partial charge in [0.25, 0.3) is 6.43 Å². The summed E-state index contributed by atoms with van der Waals surface area (Å²) in [5, 5.41) is 3.08. The van der Waals surface area contributed by atoms with Crippen molar-refractivity contribution >= 4 is 16.8 Å². The van der Waals surface area contributed by atoms with Gasteiger partial charge in [0, 0.05) is 5.56 Å². The molecule has 0 bridgehead atoms. The van der Waals surface area contributed by atoms with Crippen LogP contribution in [0.25, 0.3) is 11.1 Å². The lowest BCUT2D eigenvalue weighted by Crippen LogP contribution is -1.96. The summed E-state index contributed by atoms with van der Waals surface area (Å²) >= 11 is 0. The molecule has 0 saturated carbocycles. The lowest BCUT2D eigenvalue weighted by Gasteiger charge is -2.17. The Morgan fingerprint density at radius 1 is 0.862 bits per heavy atom. The van der Waals surface area contributed by atoms with Crippen molar-refractivity contribution in [2.45, 2.75) is 32.6 Å². The maximum atomic E-state index is 13.0. The fourth-order valence-electron chi connectivity index (χ4n) is 4.00. The molecule has 1 aliphatic rings. The van der Waals surface area contributed by atoms with Gasteiger partial charge in [0.2, 0.25) is 0 Å². The van der Waals surface area contributed by atoms with Gasteiger partial charge in [-0.2, -0.15) is 0 Å². The molecule has 29 heavy (non-hydrogen) atoms. The summed E-state index contributed by atoms with van der Waals surface area (Å²) in [7, 11) is 0. The highest BCUT2D eigenvalue weighted by Crippen LogP contribution is 2.41. The monoisotopic (exact) mass is 389 g/mol. The summed E-state index contributed by atoms with van der Waals surface area (Å²) in [4.78, 5) is 11.0. The van der Waals surface area contributed by atoms with Gasteiger partial charge in [-0.3, -0.25) is 0 Å². The molecule has 0 amide bonds. The highest BCUT2D eigenvalue weighted by Gasteiger charge is 2.21. The normalized spacial score (nSPS) is 13.9. The zero-order valence-corrected chi connectivity index (χ0v) is 16.2. The molecule has 0 fully saturated rings. The Morgan fingerprint density at radius 3 is 2.21 bits per heavy atom. The molecule has 0 radical (unpaired) electrons. The van der Waals surface area contributed by atoms with Crippen molar-refractivity contribution in [2.75, 3.05) is 0 Å². The van der Waals surface area contributed by atoms with Gasteiger partial charge in [-0.1, -0.05) is 60.2 Å². The highest BCUT2D eigenvalue weighted by atomic mass is 19.3. The molecule has 146 valence electrons. The molecule has 0 heterocycles. The van der Waals surface area contributed by atoms with Crippen LogP contribution in [0.5, 0.6) is 0 Å². The van der Waals surface area contributed by atoms with Crippen LogP contribution in [0, 0.1) is 11.8 Å². The number of hydrogen-bond donors (Lipinski definition) is 0. The van der Waals surface area contributed by atoms with E-state index >= 15 is 0 Å². The number of alkyl halides is 2. The molecule has 3 aromatic rings. The van der Waals surface area contributed by atoms with Crippen LogP contribution in [0.3, 0.4) is 0 Å². The van der Waals surface area contributed by atoms with E-state index in [1.807, 2.05) is 19.1 Å². The second-order valence-corrected chi connectivity index (χ2v) is 7.43. The molecule has 3 aromatic carbocycles. The van der Waals surface area contributed by atoms with Crippen molar-refractivity contribution in [1.82, 2.24) is 0 Å². The number of aryl methyl sites for hydroxylation is 2. The largest absolute Gasteiger partial charge is 0.263 e. The average molecular weight is 389 g/mol. The first kappa shape index (κ1) is 19.2. The smallest absolute Gasteiger partial charge is 0.205 e. The zero-order chi connectivity index (χ0) is 20.4. The lowest BCUT2D eigenvalue weighted by molar-refractivity contribution is 0.151. The van der Waals surface area contributed by atoms with Crippen LogP contribution in [-0.4, -0.2) is 0 Å². The number of rotatable bonds is 4.